The van der Waals surface area contributed by atoms with Gasteiger partial charge in [0.15, 0.2) is 0 Å². The maximum atomic E-state index is 6.15. The third kappa shape index (κ3) is 1.83. The zero-order valence-electron chi connectivity index (χ0n) is 13.4. The second-order valence-electron chi connectivity index (χ2n) is 6.32. The van der Waals surface area contributed by atoms with Crippen LogP contribution in [-0.2, 0) is 0 Å². The molecular weight excluding hydrogens is 294 g/mol. The molecule has 0 fully saturated rings. The zero-order valence-corrected chi connectivity index (χ0v) is 13.4. The number of aryl methyl sites for hydroxylation is 1. The van der Waals surface area contributed by atoms with Crippen molar-refractivity contribution in [1.29, 1.82) is 0 Å². The summed E-state index contributed by atoms with van der Waals surface area (Å²) in [5.41, 5.74) is 6.20. The number of H-pyrrole nitrogens is 1. The Labute approximate surface area is 140 Å². The zero-order chi connectivity index (χ0) is 16.1. The van der Waals surface area contributed by atoms with Crippen LogP contribution < -0.4 is 4.74 Å². The monoisotopic (exact) mass is 311 g/mol. The van der Waals surface area contributed by atoms with Crippen molar-refractivity contribution in [3.8, 4) is 11.5 Å². The molecule has 1 aromatic heterocycles. The van der Waals surface area contributed by atoms with Gasteiger partial charge in [0.05, 0.1) is 0 Å². The predicted octanol–water partition coefficient (Wildman–Crippen LogP) is 5.76. The lowest BCUT2D eigenvalue weighted by atomic mass is 9.81. The van der Waals surface area contributed by atoms with E-state index in [4.69, 9.17) is 4.74 Å². The lowest BCUT2D eigenvalue weighted by Gasteiger charge is -2.28. The van der Waals surface area contributed by atoms with Crippen molar-refractivity contribution in [1.82, 2.24) is 4.98 Å². The third-order valence-corrected chi connectivity index (χ3v) is 4.91. The van der Waals surface area contributed by atoms with Crippen LogP contribution in [0.5, 0.6) is 11.5 Å². The molecule has 0 spiro atoms. The fraction of sp³-hybridized carbons (Fsp3) is 0.0909. The normalized spacial score (nSPS) is 13.4. The van der Waals surface area contributed by atoms with Gasteiger partial charge in [-0.15, -0.1) is 0 Å². The molecule has 4 aromatic rings. The van der Waals surface area contributed by atoms with Crippen LogP contribution in [0.2, 0.25) is 0 Å². The molecule has 1 N–H and O–H groups in total. The maximum Gasteiger partial charge on any atom is 0.131 e. The highest BCUT2D eigenvalue weighted by Crippen LogP contribution is 2.49. The van der Waals surface area contributed by atoms with Gasteiger partial charge in [-0.25, -0.2) is 0 Å². The Bertz CT molecular complexity index is 1010. The van der Waals surface area contributed by atoms with E-state index in [0.717, 1.165) is 11.5 Å². The number of aromatic nitrogens is 1. The number of fused-ring (bicyclic) bond motifs is 3. The van der Waals surface area contributed by atoms with E-state index in [1.807, 2.05) is 12.1 Å². The van der Waals surface area contributed by atoms with Gasteiger partial charge in [-0.2, -0.15) is 0 Å². The fourth-order valence-corrected chi connectivity index (χ4v) is 3.89. The summed E-state index contributed by atoms with van der Waals surface area (Å²) in [4.78, 5) is 3.55. The molecule has 116 valence electrons. The van der Waals surface area contributed by atoms with Crippen LogP contribution in [0.1, 0.15) is 28.3 Å². The Balaban J connectivity index is 1.86. The number of hydrogen-bond donors (Lipinski definition) is 1. The van der Waals surface area contributed by atoms with Gasteiger partial charge < -0.3 is 9.72 Å². The number of aromatic amines is 1. The summed E-state index contributed by atoms with van der Waals surface area (Å²) in [5.74, 6) is 2.08. The molecule has 2 heteroatoms. The van der Waals surface area contributed by atoms with Crippen molar-refractivity contribution in [2.45, 2.75) is 12.8 Å². The summed E-state index contributed by atoms with van der Waals surface area (Å²) in [7, 11) is 0. The average Bonchev–Trinajstić information content (AvgIpc) is 2.95. The Morgan fingerprint density at radius 3 is 2.04 bits per heavy atom. The molecule has 0 bridgehead atoms. The number of ether oxygens (including phenoxy) is 1. The van der Waals surface area contributed by atoms with E-state index in [0.29, 0.717) is 0 Å². The molecule has 0 amide bonds. The fourth-order valence-electron chi connectivity index (χ4n) is 3.89. The van der Waals surface area contributed by atoms with Crippen LogP contribution in [0.25, 0.3) is 10.9 Å². The van der Waals surface area contributed by atoms with Crippen LogP contribution in [0.4, 0.5) is 0 Å². The van der Waals surface area contributed by atoms with Crippen LogP contribution in [0.3, 0.4) is 0 Å². The number of para-hydroxylation sites is 3. The van der Waals surface area contributed by atoms with Crippen molar-refractivity contribution >= 4 is 10.9 Å². The van der Waals surface area contributed by atoms with Gasteiger partial charge in [-0.3, -0.25) is 0 Å². The second-order valence-corrected chi connectivity index (χ2v) is 6.32. The van der Waals surface area contributed by atoms with Gasteiger partial charge >= 0.3 is 0 Å². The summed E-state index contributed by atoms with van der Waals surface area (Å²) in [5, 5.41) is 1.28. The summed E-state index contributed by atoms with van der Waals surface area (Å²) in [6, 6.07) is 25.2. The number of benzene rings is 3. The molecule has 24 heavy (non-hydrogen) atoms. The summed E-state index contributed by atoms with van der Waals surface area (Å²) in [6.45, 7) is 2.16. The van der Waals surface area contributed by atoms with Crippen LogP contribution in [0.15, 0.2) is 72.8 Å². The van der Waals surface area contributed by atoms with Gasteiger partial charge in [0.1, 0.15) is 11.5 Å². The molecule has 2 heterocycles. The van der Waals surface area contributed by atoms with Crippen molar-refractivity contribution in [2.24, 2.45) is 0 Å². The van der Waals surface area contributed by atoms with E-state index < -0.39 is 0 Å². The molecule has 0 unspecified atom stereocenters. The molecule has 0 aliphatic carbocycles. The smallest absolute Gasteiger partial charge is 0.131 e. The van der Waals surface area contributed by atoms with E-state index in [-0.39, 0.29) is 5.92 Å². The third-order valence-electron chi connectivity index (χ3n) is 4.91. The number of rotatable bonds is 1. The highest BCUT2D eigenvalue weighted by molar-refractivity contribution is 5.87. The summed E-state index contributed by atoms with van der Waals surface area (Å²) in [6.07, 6.45) is 0. The minimum absolute atomic E-state index is 0.183. The van der Waals surface area contributed by atoms with Crippen molar-refractivity contribution < 1.29 is 4.74 Å². The minimum atomic E-state index is 0.183. The van der Waals surface area contributed by atoms with Gasteiger partial charge in [-0.1, -0.05) is 54.6 Å². The van der Waals surface area contributed by atoms with Crippen LogP contribution in [0, 0.1) is 6.92 Å². The lowest BCUT2D eigenvalue weighted by molar-refractivity contribution is 0.453. The summed E-state index contributed by atoms with van der Waals surface area (Å²) >= 11 is 0. The molecule has 1 aliphatic heterocycles. The first-order valence-electron chi connectivity index (χ1n) is 8.26. The van der Waals surface area contributed by atoms with Crippen molar-refractivity contribution in [3.63, 3.8) is 0 Å². The highest BCUT2D eigenvalue weighted by Gasteiger charge is 2.31. The Kier molecular flexibility index (Phi) is 2.80. The molecule has 0 atom stereocenters. The first-order valence-corrected chi connectivity index (χ1v) is 8.26. The second kappa shape index (κ2) is 5.00. The summed E-state index contributed by atoms with van der Waals surface area (Å²) < 4.78 is 6.15. The van der Waals surface area contributed by atoms with Crippen LogP contribution in [-0.4, -0.2) is 4.98 Å². The molecule has 1 aliphatic rings. The van der Waals surface area contributed by atoms with E-state index >= 15 is 0 Å². The van der Waals surface area contributed by atoms with Crippen LogP contribution >= 0.6 is 0 Å². The quantitative estimate of drug-likeness (QED) is 0.418. The van der Waals surface area contributed by atoms with Gasteiger partial charge in [-0.05, 0) is 30.7 Å². The Morgan fingerprint density at radius 2 is 1.33 bits per heavy atom. The topological polar surface area (TPSA) is 25.0 Å². The molecule has 0 saturated heterocycles. The SMILES string of the molecule is Cc1[nH]c2ccccc2c1C1c2ccccc2Oc2ccccc21. The number of nitrogens with one attached hydrogen (secondary N) is 1. The Morgan fingerprint density at radius 1 is 0.750 bits per heavy atom. The molecule has 3 aromatic carbocycles. The minimum Gasteiger partial charge on any atom is -0.457 e. The molecule has 5 rings (SSSR count). The molecular formula is C22H17NO. The standard InChI is InChI=1S/C22H17NO/c1-14-21(15-8-2-5-11-18(15)23-14)22-16-9-3-6-12-19(16)24-20-13-7-4-10-17(20)22/h2-13,22-23H,1H3. The van der Waals surface area contributed by atoms with E-state index in [1.165, 1.54) is 33.3 Å². The highest BCUT2D eigenvalue weighted by atomic mass is 16.5. The number of hydrogen-bond acceptors (Lipinski definition) is 1. The largest absolute Gasteiger partial charge is 0.457 e. The van der Waals surface area contributed by atoms with E-state index in [9.17, 15) is 0 Å². The lowest BCUT2D eigenvalue weighted by Crippen LogP contribution is -2.12. The van der Waals surface area contributed by atoms with Gasteiger partial charge in [0.25, 0.3) is 0 Å². The molecule has 2 nitrogen and oxygen atoms in total. The van der Waals surface area contributed by atoms with Gasteiger partial charge in [0, 0.05) is 33.6 Å². The Hall–Kier alpha value is -3.00. The first-order chi connectivity index (χ1) is 11.8. The predicted molar refractivity (Wildman–Crippen MR) is 96.9 cm³/mol. The average molecular weight is 311 g/mol. The maximum absolute atomic E-state index is 6.15. The molecule has 0 radical (unpaired) electrons. The first kappa shape index (κ1) is 13.4. The van der Waals surface area contributed by atoms with Gasteiger partial charge in [0.2, 0.25) is 0 Å². The van der Waals surface area contributed by atoms with Crippen molar-refractivity contribution in [2.75, 3.05) is 0 Å². The molecule has 0 saturated carbocycles. The van der Waals surface area contributed by atoms with Crippen molar-refractivity contribution in [3.05, 3.63) is 95.2 Å². The van der Waals surface area contributed by atoms with E-state index in [2.05, 4.69) is 72.6 Å². The van der Waals surface area contributed by atoms with E-state index in [1.54, 1.807) is 0 Å².